The molecule has 0 radical (unpaired) electrons. The highest BCUT2D eigenvalue weighted by Gasteiger charge is 2.18. The molecule has 0 fully saturated rings. The predicted octanol–water partition coefficient (Wildman–Crippen LogP) is 1.98. The van der Waals surface area contributed by atoms with E-state index in [0.717, 1.165) is 50.9 Å². The molecule has 1 aromatic heterocycles. The molecule has 0 amide bonds. The molecule has 4 nitrogen and oxygen atoms in total. The molecule has 1 aliphatic heterocycles. The molecule has 0 saturated carbocycles. The van der Waals surface area contributed by atoms with Crippen molar-refractivity contribution < 1.29 is 4.74 Å². The number of hydrogen-bond donors (Lipinski definition) is 1. The summed E-state index contributed by atoms with van der Waals surface area (Å²) >= 11 is 0. The van der Waals surface area contributed by atoms with Gasteiger partial charge in [-0.3, -0.25) is 4.99 Å². The largest absolute Gasteiger partial charge is 0.497 e. The van der Waals surface area contributed by atoms with Crippen LogP contribution in [0.15, 0.2) is 28.2 Å². The minimum Gasteiger partial charge on any atom is -0.497 e. The fourth-order valence-electron chi connectivity index (χ4n) is 2.79. The van der Waals surface area contributed by atoms with Crippen molar-refractivity contribution in [3.63, 3.8) is 0 Å². The summed E-state index contributed by atoms with van der Waals surface area (Å²) in [5.74, 6) is 0.844. The molecule has 1 aromatic carbocycles. The second-order valence-corrected chi connectivity index (χ2v) is 4.99. The molecule has 0 spiro atoms. The van der Waals surface area contributed by atoms with Crippen molar-refractivity contribution in [2.45, 2.75) is 20.8 Å². The van der Waals surface area contributed by atoms with E-state index in [1.165, 1.54) is 0 Å². The summed E-state index contributed by atoms with van der Waals surface area (Å²) in [5, 5.41) is 2.04. The summed E-state index contributed by atoms with van der Waals surface area (Å²) in [5.41, 5.74) is 5.27. The number of aromatic nitrogens is 1. The minimum atomic E-state index is 0.760. The first-order valence-electron chi connectivity index (χ1n) is 7.16. The molecule has 0 bridgehead atoms. The Morgan fingerprint density at radius 3 is 2.86 bits per heavy atom. The number of nitrogens with one attached hydrogen (secondary N) is 1. The number of pyridine rings is 1. The molecule has 3 rings (SSSR count). The van der Waals surface area contributed by atoms with Gasteiger partial charge in [0.05, 0.1) is 23.5 Å². The Labute approximate surface area is 123 Å². The molecule has 1 aliphatic rings. The molecule has 21 heavy (non-hydrogen) atoms. The number of fused-ring (bicyclic) bond motifs is 3. The van der Waals surface area contributed by atoms with Gasteiger partial charge in [0.2, 0.25) is 0 Å². The van der Waals surface area contributed by atoms with Gasteiger partial charge in [-0.25, -0.2) is 4.99 Å². The fourth-order valence-corrected chi connectivity index (χ4v) is 2.79. The third kappa shape index (κ3) is 2.07. The van der Waals surface area contributed by atoms with Crippen LogP contribution in [0.5, 0.6) is 5.75 Å². The van der Waals surface area contributed by atoms with Crippen molar-refractivity contribution >= 4 is 11.8 Å². The first-order chi connectivity index (χ1) is 10.2. The van der Waals surface area contributed by atoms with Gasteiger partial charge >= 0.3 is 0 Å². The lowest BCUT2D eigenvalue weighted by Gasteiger charge is -2.07. The van der Waals surface area contributed by atoms with Gasteiger partial charge in [0.1, 0.15) is 11.2 Å². The highest BCUT2D eigenvalue weighted by molar-refractivity contribution is 5.81. The van der Waals surface area contributed by atoms with Crippen LogP contribution in [-0.4, -0.2) is 18.6 Å². The molecular formula is C17H19N3O. The van der Waals surface area contributed by atoms with Crippen LogP contribution in [0.25, 0.3) is 17.2 Å². The summed E-state index contributed by atoms with van der Waals surface area (Å²) in [7, 11) is 1.68. The average molecular weight is 281 g/mol. The smallest absolute Gasteiger partial charge is 0.139 e. The van der Waals surface area contributed by atoms with E-state index >= 15 is 0 Å². The number of rotatable bonds is 2. The molecule has 0 saturated heterocycles. The van der Waals surface area contributed by atoms with Gasteiger partial charge in [-0.05, 0) is 44.5 Å². The number of ether oxygens (including phenoxy) is 1. The second kappa shape index (κ2) is 5.20. The topological polar surface area (TPSA) is 49.7 Å². The quantitative estimate of drug-likeness (QED) is 0.767. The van der Waals surface area contributed by atoms with E-state index < -0.39 is 0 Å². The monoisotopic (exact) mass is 281 g/mol. The summed E-state index contributed by atoms with van der Waals surface area (Å²) < 4.78 is 5.34. The molecule has 108 valence electrons. The lowest BCUT2D eigenvalue weighted by molar-refractivity contribution is 0.415. The highest BCUT2D eigenvalue weighted by Crippen LogP contribution is 2.35. The van der Waals surface area contributed by atoms with Crippen molar-refractivity contribution in [1.29, 1.82) is 0 Å². The van der Waals surface area contributed by atoms with E-state index in [9.17, 15) is 0 Å². The van der Waals surface area contributed by atoms with Crippen molar-refractivity contribution in [1.82, 2.24) is 4.98 Å². The summed E-state index contributed by atoms with van der Waals surface area (Å²) in [4.78, 5) is 12.7. The van der Waals surface area contributed by atoms with Crippen molar-refractivity contribution in [3.8, 4) is 16.9 Å². The number of hydrogen-bond acceptors (Lipinski definition) is 3. The molecule has 4 heteroatoms. The lowest BCUT2D eigenvalue weighted by atomic mass is 10.0. The van der Waals surface area contributed by atoms with Crippen LogP contribution in [-0.2, 0) is 0 Å². The van der Waals surface area contributed by atoms with Crippen molar-refractivity contribution in [2.24, 2.45) is 9.98 Å². The molecule has 2 heterocycles. The molecular weight excluding hydrogens is 262 g/mol. The van der Waals surface area contributed by atoms with E-state index in [0.29, 0.717) is 0 Å². The average Bonchev–Trinajstić information content (AvgIpc) is 2.87. The van der Waals surface area contributed by atoms with Gasteiger partial charge in [0.25, 0.3) is 0 Å². The van der Waals surface area contributed by atoms with E-state index in [4.69, 9.17) is 4.74 Å². The van der Waals surface area contributed by atoms with Crippen LogP contribution in [0.2, 0.25) is 0 Å². The maximum atomic E-state index is 5.34. The van der Waals surface area contributed by atoms with Gasteiger partial charge < -0.3 is 9.72 Å². The maximum Gasteiger partial charge on any atom is 0.139 e. The predicted molar refractivity (Wildman–Crippen MR) is 84.2 cm³/mol. The third-order valence-electron chi connectivity index (χ3n) is 3.79. The summed E-state index contributed by atoms with van der Waals surface area (Å²) in [6.45, 7) is 6.93. The lowest BCUT2D eigenvalue weighted by Crippen LogP contribution is -2.37. The van der Waals surface area contributed by atoms with E-state index in [1.54, 1.807) is 7.11 Å². The third-order valence-corrected chi connectivity index (χ3v) is 3.79. The number of benzene rings is 1. The zero-order valence-corrected chi connectivity index (χ0v) is 12.8. The van der Waals surface area contributed by atoms with Crippen LogP contribution >= 0.6 is 0 Å². The Morgan fingerprint density at radius 2 is 2.19 bits per heavy atom. The summed E-state index contributed by atoms with van der Waals surface area (Å²) in [6.07, 6.45) is 2.04. The first kappa shape index (κ1) is 13.6. The maximum absolute atomic E-state index is 5.34. The number of aromatic amines is 1. The van der Waals surface area contributed by atoms with Gasteiger partial charge in [-0.2, -0.15) is 0 Å². The van der Waals surface area contributed by atoms with Crippen LogP contribution < -0.4 is 20.9 Å². The van der Waals surface area contributed by atoms with Crippen molar-refractivity contribution in [2.75, 3.05) is 13.7 Å². The van der Waals surface area contributed by atoms with Crippen LogP contribution in [0, 0.1) is 6.92 Å². The fraction of sp³-hybridized carbons (Fsp3) is 0.294. The minimum absolute atomic E-state index is 0.760. The van der Waals surface area contributed by atoms with Gasteiger partial charge in [-0.15, -0.1) is 0 Å². The van der Waals surface area contributed by atoms with Gasteiger partial charge in [0.15, 0.2) is 0 Å². The number of H-pyrrole nitrogens is 1. The van der Waals surface area contributed by atoms with Crippen LogP contribution in [0.4, 0.5) is 5.69 Å². The van der Waals surface area contributed by atoms with E-state index in [2.05, 4.69) is 21.9 Å². The van der Waals surface area contributed by atoms with Gasteiger partial charge in [0, 0.05) is 17.7 Å². The Kier molecular flexibility index (Phi) is 3.37. The van der Waals surface area contributed by atoms with Crippen molar-refractivity contribution in [3.05, 3.63) is 40.0 Å². The van der Waals surface area contributed by atoms with E-state index in [-0.39, 0.29) is 0 Å². The normalized spacial score (nSPS) is 13.9. The number of nitrogens with zero attached hydrogens (tertiary/aromatic N) is 2. The molecule has 1 N–H and O–H groups in total. The van der Waals surface area contributed by atoms with Crippen LogP contribution in [0.1, 0.15) is 19.4 Å². The van der Waals surface area contributed by atoms with Gasteiger partial charge in [-0.1, -0.05) is 6.08 Å². The molecule has 0 unspecified atom stereocenters. The highest BCUT2D eigenvalue weighted by atomic mass is 16.5. The zero-order chi connectivity index (χ0) is 15.0. The Balaban J connectivity index is 2.41. The Hall–Kier alpha value is -2.36. The standard InChI is InChI=1S/C17H19N3O/c1-5-13-16(18-6-2)10(3)15-12-9-11(21-4)7-8-14(12)20-17(15)19-13/h5,7-9H,6H2,1-4H3,(H,19,20)/b13-5+,18-16?. The first-order valence-corrected chi connectivity index (χ1v) is 7.16. The Morgan fingerprint density at radius 1 is 1.38 bits per heavy atom. The number of methoxy groups -OCH3 is 1. The second-order valence-electron chi connectivity index (χ2n) is 4.99. The molecule has 2 aromatic rings. The Bertz CT molecular complexity index is 891. The van der Waals surface area contributed by atoms with Crippen LogP contribution in [0.3, 0.4) is 0 Å². The van der Waals surface area contributed by atoms with E-state index in [1.807, 2.05) is 38.1 Å². The summed E-state index contributed by atoms with van der Waals surface area (Å²) in [6, 6.07) is 5.97. The molecule has 0 atom stereocenters. The SMILES string of the molecule is C/C=c1/[nH]c2c(c(C)c1=NCC)-c1cc(OC)ccc1N=2. The molecule has 0 aliphatic carbocycles. The zero-order valence-electron chi connectivity index (χ0n) is 12.8.